The maximum Gasteiger partial charge on any atom is -0.0332 e. The van der Waals surface area contributed by atoms with E-state index < -0.39 is 5.60 Å². The second kappa shape index (κ2) is 6.59. The fourth-order valence-corrected chi connectivity index (χ4v) is 2.86. The summed E-state index contributed by atoms with van der Waals surface area (Å²) in [5.41, 5.74) is 1.86. The van der Waals surface area contributed by atoms with Gasteiger partial charge >= 0.3 is 0 Å². The fraction of sp³-hybridized carbons (Fsp3) is 0.143. The molecule has 0 unspecified atom stereocenters. The summed E-state index contributed by atoms with van der Waals surface area (Å²) in [4.78, 5) is 0. The summed E-state index contributed by atoms with van der Waals surface area (Å²) < 4.78 is 0. The molecule has 0 aliphatic rings. The van der Waals surface area contributed by atoms with Gasteiger partial charge in [0.1, 0.15) is 0 Å². The largest absolute Gasteiger partial charge is 0.846 e. The van der Waals surface area contributed by atoms with E-state index in [4.69, 9.17) is 0 Å². The van der Waals surface area contributed by atoms with Gasteiger partial charge in [0.05, 0.1) is 0 Å². The van der Waals surface area contributed by atoms with Crippen LogP contribution in [-0.2, 0) is 18.4 Å². The van der Waals surface area contributed by atoms with Crippen LogP contribution in [0.25, 0.3) is 0 Å². The highest BCUT2D eigenvalue weighted by Crippen LogP contribution is 2.27. The highest BCUT2D eigenvalue weighted by atomic mass is 16.3. The molecule has 0 aromatic heterocycles. The standard InChI is InChI=1S/C21H19O/c22-21(20-14-8-3-9-15-20,16-18-10-4-1-5-11-18)17-19-12-6-2-7-13-19/h1-15H,16-17H2/q-1. The average molecular weight is 287 g/mol. The molecule has 0 N–H and O–H groups in total. The van der Waals surface area contributed by atoms with E-state index in [0.717, 1.165) is 16.7 Å². The Balaban J connectivity index is 1.95. The summed E-state index contributed by atoms with van der Waals surface area (Å²) in [6, 6.07) is 29.8. The van der Waals surface area contributed by atoms with Crippen LogP contribution < -0.4 is 5.11 Å². The van der Waals surface area contributed by atoms with Crippen molar-refractivity contribution in [2.45, 2.75) is 18.4 Å². The van der Waals surface area contributed by atoms with Crippen molar-refractivity contribution >= 4 is 0 Å². The highest BCUT2D eigenvalue weighted by molar-refractivity contribution is 5.29. The van der Waals surface area contributed by atoms with Gasteiger partial charge in [0.2, 0.25) is 0 Å². The van der Waals surface area contributed by atoms with Gasteiger partial charge in [0, 0.05) is 0 Å². The fourth-order valence-electron chi connectivity index (χ4n) is 2.86. The molecule has 0 saturated carbocycles. The maximum absolute atomic E-state index is 13.6. The number of benzene rings is 3. The zero-order valence-corrected chi connectivity index (χ0v) is 12.5. The highest BCUT2D eigenvalue weighted by Gasteiger charge is 2.20. The van der Waals surface area contributed by atoms with Crippen LogP contribution >= 0.6 is 0 Å². The van der Waals surface area contributed by atoms with E-state index in [-0.39, 0.29) is 0 Å². The first-order valence-electron chi connectivity index (χ1n) is 7.60. The van der Waals surface area contributed by atoms with Gasteiger partial charge < -0.3 is 5.11 Å². The maximum atomic E-state index is 13.6. The Morgan fingerprint density at radius 3 is 1.32 bits per heavy atom. The summed E-state index contributed by atoms with van der Waals surface area (Å²) in [6.07, 6.45) is 0.986. The Morgan fingerprint density at radius 2 is 0.909 bits per heavy atom. The summed E-state index contributed by atoms with van der Waals surface area (Å²) >= 11 is 0. The smallest absolute Gasteiger partial charge is 0.0332 e. The molecule has 0 fully saturated rings. The minimum absolute atomic E-state index is 0.493. The van der Waals surface area contributed by atoms with Crippen molar-refractivity contribution in [3.05, 3.63) is 108 Å². The zero-order chi connectivity index (χ0) is 15.3. The Hall–Kier alpha value is -2.38. The molecule has 0 heterocycles. The lowest BCUT2D eigenvalue weighted by Gasteiger charge is -2.42. The molecule has 1 heteroatoms. The Labute approximate surface area is 131 Å². The van der Waals surface area contributed by atoms with Crippen molar-refractivity contribution in [1.82, 2.24) is 0 Å². The third-order valence-corrected chi connectivity index (χ3v) is 3.96. The van der Waals surface area contributed by atoms with Crippen molar-refractivity contribution in [2.75, 3.05) is 0 Å². The molecule has 0 amide bonds. The van der Waals surface area contributed by atoms with E-state index in [1.165, 1.54) is 0 Å². The van der Waals surface area contributed by atoms with E-state index in [9.17, 15) is 5.11 Å². The van der Waals surface area contributed by atoms with E-state index in [1.54, 1.807) is 0 Å². The van der Waals surface area contributed by atoms with Crippen LogP contribution in [0.4, 0.5) is 0 Å². The zero-order valence-electron chi connectivity index (χ0n) is 12.5. The molecule has 0 spiro atoms. The molecule has 0 saturated heterocycles. The number of rotatable bonds is 5. The SMILES string of the molecule is [O-]C(Cc1ccccc1)(Cc1ccccc1)c1ccccc1. The Kier molecular flexibility index (Phi) is 4.36. The first kappa shape index (κ1) is 14.6. The molecule has 3 aromatic carbocycles. The summed E-state index contributed by atoms with van der Waals surface area (Å²) in [6.45, 7) is 0. The molecular weight excluding hydrogens is 268 g/mol. The molecule has 0 aliphatic heterocycles. The van der Waals surface area contributed by atoms with Crippen LogP contribution in [0.5, 0.6) is 0 Å². The monoisotopic (exact) mass is 287 g/mol. The van der Waals surface area contributed by atoms with Gasteiger partial charge in [0.15, 0.2) is 0 Å². The van der Waals surface area contributed by atoms with Crippen molar-refractivity contribution in [3.8, 4) is 0 Å². The first-order valence-corrected chi connectivity index (χ1v) is 7.60. The second-order valence-corrected chi connectivity index (χ2v) is 5.69. The summed E-state index contributed by atoms with van der Waals surface area (Å²) in [5.74, 6) is 0. The third-order valence-electron chi connectivity index (χ3n) is 3.96. The normalized spacial score (nSPS) is 11.3. The predicted octanol–water partition coefficient (Wildman–Crippen LogP) is 3.73. The van der Waals surface area contributed by atoms with E-state index >= 15 is 0 Å². The quantitative estimate of drug-likeness (QED) is 0.701. The lowest BCUT2D eigenvalue weighted by molar-refractivity contribution is -0.487. The van der Waals surface area contributed by atoms with Crippen LogP contribution in [0.3, 0.4) is 0 Å². The van der Waals surface area contributed by atoms with E-state index in [1.807, 2.05) is 91.0 Å². The number of hydrogen-bond acceptors (Lipinski definition) is 1. The molecule has 3 aromatic rings. The second-order valence-electron chi connectivity index (χ2n) is 5.69. The van der Waals surface area contributed by atoms with Crippen LogP contribution in [-0.4, -0.2) is 0 Å². The van der Waals surface area contributed by atoms with Crippen molar-refractivity contribution in [3.63, 3.8) is 0 Å². The lowest BCUT2D eigenvalue weighted by atomic mass is 9.82. The molecule has 3 rings (SSSR count). The number of hydrogen-bond donors (Lipinski definition) is 0. The van der Waals surface area contributed by atoms with Gasteiger partial charge in [-0.05, 0) is 24.0 Å². The first-order chi connectivity index (χ1) is 10.8. The minimum Gasteiger partial charge on any atom is -0.846 e. The van der Waals surface area contributed by atoms with Gasteiger partial charge in [-0.15, -0.1) is 0 Å². The van der Waals surface area contributed by atoms with Gasteiger partial charge in [-0.2, -0.15) is 0 Å². The van der Waals surface area contributed by atoms with Crippen LogP contribution in [0.2, 0.25) is 0 Å². The molecule has 0 atom stereocenters. The predicted molar refractivity (Wildman–Crippen MR) is 88.4 cm³/mol. The molecule has 0 bridgehead atoms. The topological polar surface area (TPSA) is 23.1 Å². The minimum atomic E-state index is -1.15. The molecule has 22 heavy (non-hydrogen) atoms. The van der Waals surface area contributed by atoms with E-state index in [0.29, 0.717) is 12.8 Å². The third kappa shape index (κ3) is 3.44. The molecule has 110 valence electrons. The molecule has 1 nitrogen and oxygen atoms in total. The molecule has 0 aliphatic carbocycles. The summed E-state index contributed by atoms with van der Waals surface area (Å²) in [7, 11) is 0. The Morgan fingerprint density at radius 1 is 0.545 bits per heavy atom. The van der Waals surface area contributed by atoms with E-state index in [2.05, 4.69) is 0 Å². The average Bonchev–Trinajstić information content (AvgIpc) is 2.57. The molecule has 0 radical (unpaired) electrons. The van der Waals surface area contributed by atoms with Gasteiger partial charge in [-0.1, -0.05) is 102 Å². The van der Waals surface area contributed by atoms with Gasteiger partial charge in [-0.25, -0.2) is 0 Å². The van der Waals surface area contributed by atoms with Crippen LogP contribution in [0, 0.1) is 0 Å². The van der Waals surface area contributed by atoms with Crippen molar-refractivity contribution < 1.29 is 5.11 Å². The molecular formula is C21H19O-. The van der Waals surface area contributed by atoms with Gasteiger partial charge in [0.25, 0.3) is 0 Å². The lowest BCUT2D eigenvalue weighted by Crippen LogP contribution is -2.45. The van der Waals surface area contributed by atoms with Crippen LogP contribution in [0.15, 0.2) is 91.0 Å². The van der Waals surface area contributed by atoms with Crippen molar-refractivity contribution in [2.24, 2.45) is 0 Å². The van der Waals surface area contributed by atoms with Gasteiger partial charge in [-0.3, -0.25) is 0 Å². The summed E-state index contributed by atoms with van der Waals surface area (Å²) in [5, 5.41) is 13.6. The Bertz CT molecular complexity index is 648. The van der Waals surface area contributed by atoms with Crippen molar-refractivity contribution in [1.29, 1.82) is 0 Å². The van der Waals surface area contributed by atoms with Crippen LogP contribution in [0.1, 0.15) is 16.7 Å².